The zero-order valence-corrected chi connectivity index (χ0v) is 13.6. The van der Waals surface area contributed by atoms with Crippen molar-refractivity contribution in [3.63, 3.8) is 0 Å². The minimum absolute atomic E-state index is 0.0545. The first kappa shape index (κ1) is 17.4. The highest BCUT2D eigenvalue weighted by Gasteiger charge is 2.47. The van der Waals surface area contributed by atoms with Gasteiger partial charge in [0.15, 0.2) is 0 Å². The van der Waals surface area contributed by atoms with Crippen molar-refractivity contribution in [1.82, 2.24) is 15.5 Å². The number of likely N-dealkylation sites (N-methyl/N-ethyl adjacent to an activating group) is 1. The highest BCUT2D eigenvalue weighted by Crippen LogP contribution is 2.38. The van der Waals surface area contributed by atoms with E-state index in [1.807, 2.05) is 19.0 Å². The van der Waals surface area contributed by atoms with Gasteiger partial charge in [0, 0.05) is 19.6 Å². The summed E-state index contributed by atoms with van der Waals surface area (Å²) in [6.45, 7) is 1.74. The van der Waals surface area contributed by atoms with Crippen LogP contribution < -0.4 is 10.6 Å². The average molecular weight is 321 g/mol. The van der Waals surface area contributed by atoms with Crippen LogP contribution in [0.15, 0.2) is 24.3 Å². The number of amides is 2. The van der Waals surface area contributed by atoms with Gasteiger partial charge in [0.1, 0.15) is 5.82 Å². The largest absolute Gasteiger partial charge is 0.356 e. The Kier molecular flexibility index (Phi) is 6.10. The Morgan fingerprint density at radius 2 is 1.74 bits per heavy atom. The molecular formula is C17H24FN3O2. The summed E-state index contributed by atoms with van der Waals surface area (Å²) in [7, 11) is 3.88. The topological polar surface area (TPSA) is 61.4 Å². The molecule has 1 aliphatic carbocycles. The predicted octanol–water partition coefficient (Wildman–Crippen LogP) is 0.798. The number of hydrogen-bond acceptors (Lipinski definition) is 3. The van der Waals surface area contributed by atoms with Gasteiger partial charge in [0.2, 0.25) is 11.8 Å². The molecular weight excluding hydrogens is 297 g/mol. The molecule has 0 aliphatic heterocycles. The van der Waals surface area contributed by atoms with E-state index >= 15 is 0 Å². The molecule has 1 aromatic rings. The van der Waals surface area contributed by atoms with E-state index in [4.69, 9.17) is 0 Å². The Labute approximate surface area is 136 Å². The van der Waals surface area contributed by atoms with Crippen molar-refractivity contribution in [2.45, 2.75) is 12.8 Å². The summed E-state index contributed by atoms with van der Waals surface area (Å²) in [4.78, 5) is 25.9. The smallest absolute Gasteiger partial charge is 0.223 e. The van der Waals surface area contributed by atoms with Gasteiger partial charge in [0.05, 0.1) is 11.8 Å². The molecule has 0 heterocycles. The van der Waals surface area contributed by atoms with Gasteiger partial charge in [0.25, 0.3) is 0 Å². The Bertz CT molecular complexity index is 563. The minimum atomic E-state index is -0.258. The summed E-state index contributed by atoms with van der Waals surface area (Å²) >= 11 is 0. The first-order valence-corrected chi connectivity index (χ1v) is 7.92. The van der Waals surface area contributed by atoms with E-state index in [0.717, 1.165) is 6.54 Å². The summed E-state index contributed by atoms with van der Waals surface area (Å²) in [6, 6.07) is 6.53. The molecule has 2 unspecified atom stereocenters. The van der Waals surface area contributed by atoms with Crippen LogP contribution in [-0.2, 0) is 16.0 Å². The lowest BCUT2D eigenvalue weighted by atomic mass is 10.1. The normalized spacial score (nSPS) is 19.5. The molecule has 0 aromatic heterocycles. The zero-order valence-electron chi connectivity index (χ0n) is 13.6. The van der Waals surface area contributed by atoms with E-state index in [0.29, 0.717) is 31.5 Å². The first-order chi connectivity index (χ1) is 11.0. The Balaban J connectivity index is 1.66. The van der Waals surface area contributed by atoms with Crippen LogP contribution in [0.25, 0.3) is 0 Å². The lowest BCUT2D eigenvalue weighted by Crippen LogP contribution is -2.34. The van der Waals surface area contributed by atoms with Crippen molar-refractivity contribution in [1.29, 1.82) is 0 Å². The van der Waals surface area contributed by atoms with Crippen LogP contribution in [0.1, 0.15) is 12.0 Å². The van der Waals surface area contributed by atoms with Crippen LogP contribution in [0.4, 0.5) is 4.39 Å². The Morgan fingerprint density at radius 1 is 1.13 bits per heavy atom. The van der Waals surface area contributed by atoms with Gasteiger partial charge in [-0.05, 0) is 38.6 Å². The van der Waals surface area contributed by atoms with Gasteiger partial charge in [-0.25, -0.2) is 4.39 Å². The summed E-state index contributed by atoms with van der Waals surface area (Å²) in [5, 5.41) is 5.63. The number of hydrogen-bond donors (Lipinski definition) is 2. The standard InChI is InChI=1S/C17H24FN3O2/c1-21(2)10-9-20-17(23)14-11-13(14)16(22)19-8-7-12-5-3-4-6-15(12)18/h3-6,13-14H,7-11H2,1-2H3,(H,19,22)(H,20,23). The van der Waals surface area contributed by atoms with Gasteiger partial charge in [-0.1, -0.05) is 18.2 Å². The van der Waals surface area contributed by atoms with Crippen molar-refractivity contribution in [2.24, 2.45) is 11.8 Å². The second-order valence-electron chi connectivity index (χ2n) is 6.18. The Morgan fingerprint density at radius 3 is 2.35 bits per heavy atom. The molecule has 0 bridgehead atoms. The predicted molar refractivity (Wildman–Crippen MR) is 86.3 cm³/mol. The number of benzene rings is 1. The molecule has 2 amide bonds. The van der Waals surface area contributed by atoms with Crippen LogP contribution in [0.3, 0.4) is 0 Å². The highest BCUT2D eigenvalue weighted by molar-refractivity contribution is 5.92. The number of carbonyl (C=O) groups excluding carboxylic acids is 2. The number of rotatable bonds is 8. The molecule has 2 N–H and O–H groups in total. The third-order valence-electron chi connectivity index (χ3n) is 3.97. The molecule has 1 saturated carbocycles. The van der Waals surface area contributed by atoms with E-state index in [9.17, 15) is 14.0 Å². The molecule has 1 aliphatic rings. The monoisotopic (exact) mass is 321 g/mol. The third kappa shape index (κ3) is 5.32. The number of nitrogens with zero attached hydrogens (tertiary/aromatic N) is 1. The minimum Gasteiger partial charge on any atom is -0.356 e. The fraction of sp³-hybridized carbons (Fsp3) is 0.529. The molecule has 126 valence electrons. The van der Waals surface area contributed by atoms with E-state index in [1.165, 1.54) is 6.07 Å². The lowest BCUT2D eigenvalue weighted by Gasteiger charge is -2.10. The lowest BCUT2D eigenvalue weighted by molar-refractivity contribution is -0.127. The maximum absolute atomic E-state index is 13.5. The second-order valence-corrected chi connectivity index (χ2v) is 6.18. The quantitative estimate of drug-likeness (QED) is 0.744. The fourth-order valence-electron chi connectivity index (χ4n) is 2.46. The third-order valence-corrected chi connectivity index (χ3v) is 3.97. The van der Waals surface area contributed by atoms with Crippen molar-refractivity contribution in [2.75, 3.05) is 33.7 Å². The molecule has 6 heteroatoms. The average Bonchev–Trinajstić information content (AvgIpc) is 3.29. The van der Waals surface area contributed by atoms with Gasteiger partial charge < -0.3 is 15.5 Å². The molecule has 2 atom stereocenters. The number of nitrogens with one attached hydrogen (secondary N) is 2. The molecule has 23 heavy (non-hydrogen) atoms. The maximum Gasteiger partial charge on any atom is 0.223 e. The van der Waals surface area contributed by atoms with Crippen molar-refractivity contribution >= 4 is 11.8 Å². The first-order valence-electron chi connectivity index (χ1n) is 7.92. The van der Waals surface area contributed by atoms with Crippen LogP contribution in [0.2, 0.25) is 0 Å². The molecule has 1 aromatic carbocycles. The maximum atomic E-state index is 13.5. The van der Waals surface area contributed by atoms with Crippen LogP contribution >= 0.6 is 0 Å². The summed E-state index contributed by atoms with van der Waals surface area (Å²) in [5.74, 6) is -0.887. The van der Waals surface area contributed by atoms with Crippen molar-refractivity contribution < 1.29 is 14.0 Å². The fourth-order valence-corrected chi connectivity index (χ4v) is 2.46. The van der Waals surface area contributed by atoms with E-state index in [2.05, 4.69) is 10.6 Å². The van der Waals surface area contributed by atoms with E-state index in [-0.39, 0.29) is 29.5 Å². The number of carbonyl (C=O) groups is 2. The molecule has 0 radical (unpaired) electrons. The van der Waals surface area contributed by atoms with E-state index in [1.54, 1.807) is 18.2 Å². The van der Waals surface area contributed by atoms with Crippen LogP contribution in [0, 0.1) is 17.7 Å². The second kappa shape index (κ2) is 8.06. The Hall–Kier alpha value is -1.95. The number of halogens is 1. The molecule has 2 rings (SSSR count). The SMILES string of the molecule is CN(C)CCNC(=O)C1CC1C(=O)NCCc1ccccc1F. The van der Waals surface area contributed by atoms with Crippen molar-refractivity contribution in [3.05, 3.63) is 35.6 Å². The van der Waals surface area contributed by atoms with Gasteiger partial charge in [-0.2, -0.15) is 0 Å². The van der Waals surface area contributed by atoms with Gasteiger partial charge in [-0.3, -0.25) is 9.59 Å². The highest BCUT2D eigenvalue weighted by atomic mass is 19.1. The van der Waals surface area contributed by atoms with E-state index < -0.39 is 0 Å². The molecule has 1 fully saturated rings. The summed E-state index contributed by atoms with van der Waals surface area (Å²) < 4.78 is 13.5. The van der Waals surface area contributed by atoms with Crippen LogP contribution in [0.5, 0.6) is 0 Å². The zero-order chi connectivity index (χ0) is 16.8. The summed E-state index contributed by atoms with van der Waals surface area (Å²) in [6.07, 6.45) is 1.05. The molecule has 5 nitrogen and oxygen atoms in total. The van der Waals surface area contributed by atoms with Crippen LogP contribution in [-0.4, -0.2) is 50.4 Å². The van der Waals surface area contributed by atoms with Gasteiger partial charge in [-0.15, -0.1) is 0 Å². The van der Waals surface area contributed by atoms with Crippen molar-refractivity contribution in [3.8, 4) is 0 Å². The summed E-state index contributed by atoms with van der Waals surface area (Å²) in [5.41, 5.74) is 0.585. The molecule has 0 saturated heterocycles. The van der Waals surface area contributed by atoms with Gasteiger partial charge >= 0.3 is 0 Å². The molecule has 0 spiro atoms.